The lowest BCUT2D eigenvalue weighted by molar-refractivity contribution is -0.136. The molecule has 1 unspecified atom stereocenters. The molecule has 1 aromatic heterocycles. The number of ether oxygens (including phenoxy) is 1. The van der Waals surface area contributed by atoms with Crippen molar-refractivity contribution in [3.63, 3.8) is 0 Å². The predicted molar refractivity (Wildman–Crippen MR) is 147 cm³/mol. The van der Waals surface area contributed by atoms with Gasteiger partial charge >= 0.3 is 0 Å². The molecule has 0 N–H and O–H groups in total. The van der Waals surface area contributed by atoms with Crippen LogP contribution < -0.4 is 4.74 Å². The molecule has 0 spiro atoms. The quantitative estimate of drug-likeness (QED) is 0.469. The van der Waals surface area contributed by atoms with Gasteiger partial charge in [-0.1, -0.05) is 38.8 Å². The minimum Gasteiger partial charge on any atom is -0.456 e. The lowest BCUT2D eigenvalue weighted by Crippen LogP contribution is -2.49. The van der Waals surface area contributed by atoms with E-state index in [1.165, 1.54) is 24.8 Å². The highest BCUT2D eigenvalue weighted by Gasteiger charge is 2.27. The van der Waals surface area contributed by atoms with Gasteiger partial charge in [0.15, 0.2) is 0 Å². The largest absolute Gasteiger partial charge is 0.456 e. The zero-order valence-corrected chi connectivity index (χ0v) is 22.7. The summed E-state index contributed by atoms with van der Waals surface area (Å²) >= 11 is 0. The fourth-order valence-electron chi connectivity index (χ4n) is 5.33. The molecule has 1 saturated heterocycles. The number of hydrogen-bond acceptors (Lipinski definition) is 5. The summed E-state index contributed by atoms with van der Waals surface area (Å²) in [6, 6.07) is 14.3. The Morgan fingerprint density at radius 1 is 1.05 bits per heavy atom. The number of carbonyl (C=O) groups is 1. The number of hydrogen-bond donors (Lipinski definition) is 0. The van der Waals surface area contributed by atoms with Gasteiger partial charge in [0.1, 0.15) is 23.4 Å². The van der Waals surface area contributed by atoms with Crippen molar-refractivity contribution in [3.05, 3.63) is 76.4 Å². The topological polar surface area (TPSA) is 74.4 Å². The molecule has 7 heteroatoms. The Kier molecular flexibility index (Phi) is 7.80. The molecular formula is C31H37N5O2. The Labute approximate surface area is 225 Å². The molecule has 2 fully saturated rings. The molecule has 1 atom stereocenters. The lowest BCUT2D eigenvalue weighted by Gasteiger charge is -2.35. The van der Waals surface area contributed by atoms with Crippen LogP contribution in [-0.2, 0) is 30.8 Å². The predicted octanol–water partition coefficient (Wildman–Crippen LogP) is 5.43. The number of benzene rings is 2. The third-order valence-electron chi connectivity index (χ3n) is 7.71. The molecule has 1 saturated carbocycles. The average Bonchev–Trinajstić information content (AvgIpc) is 3.70. The third-order valence-corrected chi connectivity index (χ3v) is 7.71. The molecule has 38 heavy (non-hydrogen) atoms. The molecule has 6 bridgehead atoms. The van der Waals surface area contributed by atoms with Crippen molar-refractivity contribution in [1.82, 2.24) is 19.4 Å². The summed E-state index contributed by atoms with van der Waals surface area (Å²) in [4.78, 5) is 21.9. The van der Waals surface area contributed by atoms with E-state index in [0.29, 0.717) is 49.8 Å². The number of nitriles is 1. The first kappa shape index (κ1) is 26.0. The van der Waals surface area contributed by atoms with E-state index in [1.54, 1.807) is 0 Å². The third kappa shape index (κ3) is 5.76. The van der Waals surface area contributed by atoms with Crippen LogP contribution in [0.1, 0.15) is 66.9 Å². The summed E-state index contributed by atoms with van der Waals surface area (Å²) in [5.74, 6) is 3.19. The van der Waals surface area contributed by atoms with Crippen LogP contribution in [0.15, 0.2) is 42.6 Å². The van der Waals surface area contributed by atoms with Gasteiger partial charge in [-0.15, -0.1) is 0 Å². The SMILES string of the molecule is CC.Cc1ncc2n1Cc1ccc(C#N)c(c1)Oc1ccc(CCC3CC3)c(c1)CN1CCN(CC1=O)C2. The monoisotopic (exact) mass is 511 g/mol. The van der Waals surface area contributed by atoms with Gasteiger partial charge in [0.25, 0.3) is 0 Å². The lowest BCUT2D eigenvalue weighted by atomic mass is 10.00. The van der Waals surface area contributed by atoms with Crippen molar-refractivity contribution in [1.29, 1.82) is 5.26 Å². The number of aryl methyl sites for hydroxylation is 2. The summed E-state index contributed by atoms with van der Waals surface area (Å²) < 4.78 is 8.50. The van der Waals surface area contributed by atoms with Crippen molar-refractivity contribution in [3.8, 4) is 17.6 Å². The van der Waals surface area contributed by atoms with Gasteiger partial charge in [-0.2, -0.15) is 5.26 Å². The molecule has 3 aromatic rings. The first-order valence-electron chi connectivity index (χ1n) is 13.9. The maximum atomic E-state index is 13.2. The Bertz CT molecular complexity index is 1350. The van der Waals surface area contributed by atoms with Gasteiger partial charge in [0.2, 0.25) is 5.91 Å². The number of rotatable bonds is 3. The van der Waals surface area contributed by atoms with E-state index in [2.05, 4.69) is 32.7 Å². The van der Waals surface area contributed by atoms with Gasteiger partial charge in [0.05, 0.1) is 17.8 Å². The number of amides is 1. The van der Waals surface area contributed by atoms with Crippen LogP contribution in [0.4, 0.5) is 0 Å². The van der Waals surface area contributed by atoms with E-state index in [4.69, 9.17) is 4.74 Å². The minimum absolute atomic E-state index is 0.160. The summed E-state index contributed by atoms with van der Waals surface area (Å²) in [7, 11) is 0. The fourth-order valence-corrected chi connectivity index (χ4v) is 5.33. The Hall–Kier alpha value is -3.63. The van der Waals surface area contributed by atoms with Crippen LogP contribution in [0.25, 0.3) is 0 Å². The molecule has 0 radical (unpaired) electrons. The van der Waals surface area contributed by atoms with Crippen LogP contribution in [-0.4, -0.2) is 44.9 Å². The standard InChI is InChI=1S/C29H31N5O2.C2H6/c1-20-31-15-26-18-32-10-11-33(29(35)19-32)17-25-13-27(9-8-23(25)6-4-21-2-3-21)36-28-12-22(16-34(20)26)5-7-24(28)14-30;1-2/h5,7-9,12-13,15,21H,2-4,6,10-11,16-19H2,1H3;1-2H3. The first-order chi connectivity index (χ1) is 18.6. The molecule has 7 nitrogen and oxygen atoms in total. The van der Waals surface area contributed by atoms with Gasteiger partial charge in [0, 0.05) is 38.9 Å². The van der Waals surface area contributed by atoms with E-state index in [-0.39, 0.29) is 5.91 Å². The van der Waals surface area contributed by atoms with E-state index in [1.807, 2.05) is 56.1 Å². The van der Waals surface area contributed by atoms with Crippen molar-refractivity contribution in [2.45, 2.75) is 66.1 Å². The molecular weight excluding hydrogens is 474 g/mol. The van der Waals surface area contributed by atoms with Crippen LogP contribution in [0, 0.1) is 24.2 Å². The normalized spacial score (nSPS) is 18.6. The van der Waals surface area contributed by atoms with Crippen LogP contribution >= 0.6 is 0 Å². The number of nitrogens with zero attached hydrogens (tertiary/aromatic N) is 5. The zero-order chi connectivity index (χ0) is 26.6. The Morgan fingerprint density at radius 3 is 2.66 bits per heavy atom. The highest BCUT2D eigenvalue weighted by atomic mass is 16.5. The summed E-state index contributed by atoms with van der Waals surface area (Å²) in [5, 5.41) is 9.73. The zero-order valence-electron chi connectivity index (χ0n) is 22.7. The number of imidazole rings is 1. The highest BCUT2D eigenvalue weighted by Crippen LogP contribution is 2.35. The van der Waals surface area contributed by atoms with Crippen molar-refractivity contribution in [2.24, 2.45) is 5.92 Å². The maximum Gasteiger partial charge on any atom is 0.237 e. The van der Waals surface area contributed by atoms with Crippen LogP contribution in [0.3, 0.4) is 0 Å². The van der Waals surface area contributed by atoms with Crippen molar-refractivity contribution >= 4 is 5.91 Å². The summed E-state index contributed by atoms with van der Waals surface area (Å²) in [6.07, 6.45) is 6.80. The molecule has 4 aliphatic rings. The van der Waals surface area contributed by atoms with Gasteiger partial charge < -0.3 is 14.2 Å². The highest BCUT2D eigenvalue weighted by molar-refractivity contribution is 5.79. The number of piperazine rings is 1. The van der Waals surface area contributed by atoms with Crippen LogP contribution in [0.2, 0.25) is 0 Å². The maximum absolute atomic E-state index is 13.2. The van der Waals surface area contributed by atoms with Crippen molar-refractivity contribution < 1.29 is 9.53 Å². The molecule has 4 heterocycles. The Balaban J connectivity index is 0.00000144. The molecule has 2 aromatic carbocycles. The molecule has 1 amide bonds. The van der Waals surface area contributed by atoms with E-state index >= 15 is 0 Å². The number of carbonyl (C=O) groups excluding carboxylic acids is 1. The van der Waals surface area contributed by atoms with E-state index < -0.39 is 0 Å². The fraction of sp³-hybridized carbons (Fsp3) is 0.452. The van der Waals surface area contributed by atoms with Gasteiger partial charge in [-0.25, -0.2) is 4.98 Å². The first-order valence-corrected chi connectivity index (χ1v) is 13.9. The van der Waals surface area contributed by atoms with E-state index in [0.717, 1.165) is 41.5 Å². The molecule has 198 valence electrons. The molecule has 7 rings (SSSR count). The van der Waals surface area contributed by atoms with Gasteiger partial charge in [-0.05, 0) is 66.6 Å². The summed E-state index contributed by atoms with van der Waals surface area (Å²) in [6.45, 7) is 9.86. The van der Waals surface area contributed by atoms with Crippen molar-refractivity contribution in [2.75, 3.05) is 19.6 Å². The number of fused-ring (bicyclic) bond motifs is 2. The second-order valence-corrected chi connectivity index (χ2v) is 10.4. The smallest absolute Gasteiger partial charge is 0.237 e. The van der Waals surface area contributed by atoms with Gasteiger partial charge in [-0.3, -0.25) is 9.69 Å². The Morgan fingerprint density at radius 2 is 1.89 bits per heavy atom. The molecule has 3 aliphatic heterocycles. The second kappa shape index (κ2) is 11.4. The average molecular weight is 512 g/mol. The molecule has 1 aliphatic carbocycles. The van der Waals surface area contributed by atoms with Crippen LogP contribution in [0.5, 0.6) is 11.5 Å². The second-order valence-electron chi connectivity index (χ2n) is 10.4. The van der Waals surface area contributed by atoms with E-state index in [9.17, 15) is 10.1 Å². The summed E-state index contributed by atoms with van der Waals surface area (Å²) in [5.41, 5.74) is 5.07. The minimum atomic E-state index is 0.160. The number of aromatic nitrogens is 2.